The molecule has 1 unspecified atom stereocenters. The van der Waals surface area contributed by atoms with Crippen molar-refractivity contribution in [2.75, 3.05) is 21.2 Å². The molecule has 15 heavy (non-hydrogen) atoms. The van der Waals surface area contributed by atoms with E-state index in [2.05, 4.69) is 51.9 Å². The molecule has 0 aliphatic heterocycles. The molecule has 2 nitrogen and oxygen atoms in total. The Morgan fingerprint density at radius 2 is 1.80 bits per heavy atom. The molecule has 1 rings (SSSR count). The van der Waals surface area contributed by atoms with E-state index in [-0.39, 0.29) is 0 Å². The van der Waals surface area contributed by atoms with E-state index < -0.39 is 0 Å². The number of methoxy groups -OCH3 is 1. The summed E-state index contributed by atoms with van der Waals surface area (Å²) in [7, 11) is 5.91. The first-order valence-corrected chi connectivity index (χ1v) is 5.29. The van der Waals surface area contributed by atoms with Crippen molar-refractivity contribution in [2.24, 2.45) is 0 Å². The average Bonchev–Trinajstić information content (AvgIpc) is 2.15. The first-order valence-electron chi connectivity index (χ1n) is 5.29. The monoisotopic (exact) mass is 207 g/mol. The van der Waals surface area contributed by atoms with E-state index in [1.165, 1.54) is 16.7 Å². The highest BCUT2D eigenvalue weighted by Crippen LogP contribution is 2.31. The predicted molar refractivity (Wildman–Crippen MR) is 64.6 cm³/mol. The SMILES string of the molecule is COc1cc(C)cc(C)c1C(C)N(C)C. The molecule has 84 valence electrons. The average molecular weight is 207 g/mol. The van der Waals surface area contributed by atoms with E-state index in [1.807, 2.05) is 0 Å². The van der Waals surface area contributed by atoms with Gasteiger partial charge in [0.15, 0.2) is 0 Å². The summed E-state index contributed by atoms with van der Waals surface area (Å²) in [6.07, 6.45) is 0. The summed E-state index contributed by atoms with van der Waals surface area (Å²) in [4.78, 5) is 2.19. The third kappa shape index (κ3) is 2.51. The van der Waals surface area contributed by atoms with Gasteiger partial charge in [-0.1, -0.05) is 6.07 Å². The minimum absolute atomic E-state index is 0.376. The van der Waals surface area contributed by atoms with Crippen LogP contribution in [-0.4, -0.2) is 26.1 Å². The normalized spacial score (nSPS) is 13.0. The Kier molecular flexibility index (Phi) is 3.75. The van der Waals surface area contributed by atoms with Gasteiger partial charge in [-0.2, -0.15) is 0 Å². The maximum Gasteiger partial charge on any atom is 0.124 e. The molecule has 0 aliphatic rings. The molecule has 1 atom stereocenters. The quantitative estimate of drug-likeness (QED) is 0.755. The Hall–Kier alpha value is -1.02. The van der Waals surface area contributed by atoms with Gasteiger partial charge in [-0.25, -0.2) is 0 Å². The van der Waals surface area contributed by atoms with Crippen molar-refractivity contribution in [1.29, 1.82) is 0 Å². The summed E-state index contributed by atoms with van der Waals surface area (Å²) >= 11 is 0. The van der Waals surface area contributed by atoms with Crippen LogP contribution in [0.2, 0.25) is 0 Å². The van der Waals surface area contributed by atoms with Crippen LogP contribution < -0.4 is 4.74 Å². The number of ether oxygens (including phenoxy) is 1. The number of hydrogen-bond acceptors (Lipinski definition) is 2. The zero-order valence-corrected chi connectivity index (χ0v) is 10.6. The fourth-order valence-corrected chi connectivity index (χ4v) is 1.90. The van der Waals surface area contributed by atoms with Crippen LogP contribution in [0.4, 0.5) is 0 Å². The van der Waals surface area contributed by atoms with E-state index in [1.54, 1.807) is 7.11 Å². The largest absolute Gasteiger partial charge is 0.496 e. The van der Waals surface area contributed by atoms with Crippen molar-refractivity contribution >= 4 is 0 Å². The van der Waals surface area contributed by atoms with Gasteiger partial charge in [-0.3, -0.25) is 0 Å². The number of nitrogens with zero attached hydrogens (tertiary/aromatic N) is 1. The molecular weight excluding hydrogens is 186 g/mol. The first kappa shape index (κ1) is 12.1. The molecule has 0 N–H and O–H groups in total. The van der Waals surface area contributed by atoms with Crippen molar-refractivity contribution in [3.63, 3.8) is 0 Å². The molecule has 2 heteroatoms. The molecular formula is C13H21NO. The minimum Gasteiger partial charge on any atom is -0.496 e. The van der Waals surface area contributed by atoms with Crippen LogP contribution in [0.25, 0.3) is 0 Å². The van der Waals surface area contributed by atoms with Crippen molar-refractivity contribution in [3.05, 3.63) is 28.8 Å². The lowest BCUT2D eigenvalue weighted by Gasteiger charge is -2.24. The van der Waals surface area contributed by atoms with E-state index in [9.17, 15) is 0 Å². The highest BCUT2D eigenvalue weighted by molar-refractivity contribution is 5.44. The third-order valence-electron chi connectivity index (χ3n) is 2.91. The predicted octanol–water partition coefficient (Wildman–Crippen LogP) is 2.93. The summed E-state index contributed by atoms with van der Waals surface area (Å²) in [5.74, 6) is 0.994. The molecule has 0 fully saturated rings. The molecule has 0 bridgehead atoms. The van der Waals surface area contributed by atoms with Crippen molar-refractivity contribution in [1.82, 2.24) is 4.90 Å². The van der Waals surface area contributed by atoms with Crippen LogP contribution in [0.5, 0.6) is 5.75 Å². The molecule has 0 aliphatic carbocycles. The number of benzene rings is 1. The van der Waals surface area contributed by atoms with Gasteiger partial charge in [0.25, 0.3) is 0 Å². The summed E-state index contributed by atoms with van der Waals surface area (Å²) in [5.41, 5.74) is 3.83. The van der Waals surface area contributed by atoms with Crippen molar-refractivity contribution in [3.8, 4) is 5.75 Å². The molecule has 0 amide bonds. The van der Waals surface area contributed by atoms with E-state index in [0.29, 0.717) is 6.04 Å². The second kappa shape index (κ2) is 4.67. The smallest absolute Gasteiger partial charge is 0.124 e. The molecule has 0 spiro atoms. The van der Waals surface area contributed by atoms with Gasteiger partial charge >= 0.3 is 0 Å². The van der Waals surface area contributed by atoms with Gasteiger partial charge in [0.1, 0.15) is 5.75 Å². The fourth-order valence-electron chi connectivity index (χ4n) is 1.90. The summed E-state index contributed by atoms with van der Waals surface area (Å²) in [6, 6.07) is 4.68. The fraction of sp³-hybridized carbons (Fsp3) is 0.538. The van der Waals surface area contributed by atoms with Crippen LogP contribution >= 0.6 is 0 Å². The van der Waals surface area contributed by atoms with Crippen molar-refractivity contribution < 1.29 is 4.74 Å². The van der Waals surface area contributed by atoms with Gasteiger partial charge in [0.05, 0.1) is 7.11 Å². The van der Waals surface area contributed by atoms with Crippen LogP contribution in [0.15, 0.2) is 12.1 Å². The molecule has 0 heterocycles. The van der Waals surface area contributed by atoms with Gasteiger partial charge in [0, 0.05) is 11.6 Å². The van der Waals surface area contributed by atoms with Gasteiger partial charge < -0.3 is 9.64 Å². The van der Waals surface area contributed by atoms with Crippen LogP contribution in [-0.2, 0) is 0 Å². The lowest BCUT2D eigenvalue weighted by atomic mass is 9.98. The Labute approximate surface area is 92.9 Å². The lowest BCUT2D eigenvalue weighted by molar-refractivity contribution is 0.307. The Bertz CT molecular complexity index is 345. The van der Waals surface area contributed by atoms with Crippen molar-refractivity contribution in [2.45, 2.75) is 26.8 Å². The molecule has 1 aromatic rings. The number of hydrogen-bond donors (Lipinski definition) is 0. The summed E-state index contributed by atoms with van der Waals surface area (Å²) in [6.45, 7) is 6.44. The first-order chi connectivity index (χ1) is 6.97. The number of rotatable bonds is 3. The van der Waals surface area contributed by atoms with E-state index in [0.717, 1.165) is 5.75 Å². The zero-order chi connectivity index (χ0) is 11.6. The molecule has 1 aromatic carbocycles. The molecule has 0 aromatic heterocycles. The Morgan fingerprint density at radius 1 is 1.20 bits per heavy atom. The molecule has 0 radical (unpaired) electrons. The van der Waals surface area contributed by atoms with E-state index >= 15 is 0 Å². The van der Waals surface area contributed by atoms with Gasteiger partial charge in [0.2, 0.25) is 0 Å². The van der Waals surface area contributed by atoms with Crippen LogP contribution in [0.1, 0.15) is 29.7 Å². The van der Waals surface area contributed by atoms with Gasteiger partial charge in [-0.15, -0.1) is 0 Å². The highest BCUT2D eigenvalue weighted by atomic mass is 16.5. The highest BCUT2D eigenvalue weighted by Gasteiger charge is 2.16. The topological polar surface area (TPSA) is 12.5 Å². The minimum atomic E-state index is 0.376. The standard InChI is InChI=1S/C13H21NO/c1-9-7-10(2)13(11(3)14(4)5)12(8-9)15-6/h7-8,11H,1-6H3. The Morgan fingerprint density at radius 3 is 2.27 bits per heavy atom. The van der Waals surface area contributed by atoms with Crippen LogP contribution in [0, 0.1) is 13.8 Å². The van der Waals surface area contributed by atoms with Gasteiger partial charge in [-0.05, 0) is 52.1 Å². The van der Waals surface area contributed by atoms with E-state index in [4.69, 9.17) is 4.74 Å². The second-order valence-corrected chi connectivity index (χ2v) is 4.34. The molecule has 0 saturated carbocycles. The van der Waals surface area contributed by atoms with Crippen LogP contribution in [0.3, 0.4) is 0 Å². The summed E-state index contributed by atoms with van der Waals surface area (Å²) in [5, 5.41) is 0. The third-order valence-corrected chi connectivity index (χ3v) is 2.91. The Balaban J connectivity index is 3.26. The lowest BCUT2D eigenvalue weighted by Crippen LogP contribution is -2.18. The maximum atomic E-state index is 5.45. The zero-order valence-electron chi connectivity index (χ0n) is 10.6. The molecule has 0 saturated heterocycles. The summed E-state index contributed by atoms with van der Waals surface area (Å²) < 4.78 is 5.45. The maximum absolute atomic E-state index is 5.45. The number of aryl methyl sites for hydroxylation is 2. The second-order valence-electron chi connectivity index (χ2n) is 4.34.